The highest BCUT2D eigenvalue weighted by Gasteiger charge is 2.22. The molecule has 1 rings (SSSR count). The third-order valence-corrected chi connectivity index (χ3v) is 7.32. The van der Waals surface area contributed by atoms with Crippen LogP contribution in [0.1, 0.15) is 51.4 Å². The molecule has 0 aromatic heterocycles. The number of ether oxygens (including phenoxy) is 3. The predicted molar refractivity (Wildman–Crippen MR) is 152 cm³/mol. The minimum Gasteiger partial charge on any atom is -0.481 e. The number of carboxylic acids is 1. The van der Waals surface area contributed by atoms with Crippen LogP contribution in [-0.2, 0) is 33.4 Å². The molecule has 0 spiro atoms. The summed E-state index contributed by atoms with van der Waals surface area (Å²) >= 11 is 0. The molecule has 1 atom stereocenters. The van der Waals surface area contributed by atoms with E-state index < -0.39 is 12.1 Å². The summed E-state index contributed by atoms with van der Waals surface area (Å²) in [6, 6.07) is 0. The van der Waals surface area contributed by atoms with Crippen molar-refractivity contribution in [2.45, 2.75) is 57.5 Å². The van der Waals surface area contributed by atoms with Crippen LogP contribution in [0.15, 0.2) is 0 Å². The molecule has 1 saturated heterocycles. The first kappa shape index (κ1) is 36.7. The predicted octanol–water partition coefficient (Wildman–Crippen LogP) is 0.293. The number of carboxylic acid groups (broad SMARTS) is 1. The Bertz CT molecular complexity index is 737. The molecule has 0 aromatic rings. The van der Waals surface area contributed by atoms with Crippen molar-refractivity contribution in [2.75, 3.05) is 99.9 Å². The molecule has 0 saturated carbocycles. The van der Waals surface area contributed by atoms with Gasteiger partial charge in [0.2, 0.25) is 0 Å². The maximum atomic E-state index is 12.1. The Kier molecular flexibility index (Phi) is 20.0. The van der Waals surface area contributed by atoms with E-state index in [-0.39, 0.29) is 44.0 Å². The standard InChI is InChI=1S/C28H52N4O9/c1-39-26(36)21-30-14-12-29(20-24(33)10-8-6-4-5-7-9-11-25(34)35)13-15-31(22-27(37)40-2)17-19-32(18-16-30)23-28(38)41-3/h24,33H,4-23H2,1-3H3,(H,34,35). The van der Waals surface area contributed by atoms with Gasteiger partial charge in [-0.05, 0) is 12.8 Å². The fourth-order valence-electron chi connectivity index (χ4n) is 4.73. The molecular weight excluding hydrogens is 536 g/mol. The fourth-order valence-corrected chi connectivity index (χ4v) is 4.73. The monoisotopic (exact) mass is 588 g/mol. The lowest BCUT2D eigenvalue weighted by Gasteiger charge is -2.34. The highest BCUT2D eigenvalue weighted by molar-refractivity contribution is 5.72. The quantitative estimate of drug-likeness (QED) is 0.136. The van der Waals surface area contributed by atoms with Crippen molar-refractivity contribution >= 4 is 23.9 Å². The van der Waals surface area contributed by atoms with E-state index in [0.717, 1.165) is 32.1 Å². The van der Waals surface area contributed by atoms with Gasteiger partial charge in [-0.1, -0.05) is 32.1 Å². The third-order valence-electron chi connectivity index (χ3n) is 7.32. The molecule has 2 N–H and O–H groups in total. The number of methoxy groups -OCH3 is 3. The van der Waals surface area contributed by atoms with Crippen LogP contribution < -0.4 is 0 Å². The van der Waals surface area contributed by atoms with E-state index in [0.29, 0.717) is 71.7 Å². The first-order valence-electron chi connectivity index (χ1n) is 14.7. The van der Waals surface area contributed by atoms with Crippen LogP contribution in [0.25, 0.3) is 0 Å². The number of nitrogens with zero attached hydrogens (tertiary/aromatic N) is 4. The second-order valence-corrected chi connectivity index (χ2v) is 10.6. The Morgan fingerprint density at radius 3 is 1.29 bits per heavy atom. The zero-order chi connectivity index (χ0) is 30.5. The Morgan fingerprint density at radius 1 is 0.585 bits per heavy atom. The van der Waals surface area contributed by atoms with Gasteiger partial charge in [-0.2, -0.15) is 0 Å². The van der Waals surface area contributed by atoms with Crippen molar-refractivity contribution in [1.29, 1.82) is 0 Å². The second-order valence-electron chi connectivity index (χ2n) is 10.6. The van der Waals surface area contributed by atoms with E-state index in [1.54, 1.807) is 0 Å². The van der Waals surface area contributed by atoms with Crippen LogP contribution >= 0.6 is 0 Å². The van der Waals surface area contributed by atoms with Crippen LogP contribution in [0.5, 0.6) is 0 Å². The first-order valence-corrected chi connectivity index (χ1v) is 14.7. The number of rotatable bonds is 17. The van der Waals surface area contributed by atoms with E-state index in [1.807, 2.05) is 14.7 Å². The minimum absolute atomic E-state index is 0.106. The second kappa shape index (κ2) is 22.3. The molecule has 238 valence electrons. The number of carbonyl (C=O) groups excluding carboxylic acids is 3. The summed E-state index contributed by atoms with van der Waals surface area (Å²) in [5.74, 6) is -1.78. The maximum absolute atomic E-state index is 12.1. The largest absolute Gasteiger partial charge is 0.481 e. The van der Waals surface area contributed by atoms with Crippen molar-refractivity contribution in [2.24, 2.45) is 0 Å². The van der Waals surface area contributed by atoms with E-state index in [2.05, 4.69) is 4.90 Å². The Hall–Kier alpha value is -2.32. The average Bonchev–Trinajstić information content (AvgIpc) is 2.94. The molecule has 0 amide bonds. The topological polar surface area (TPSA) is 149 Å². The average molecular weight is 589 g/mol. The summed E-state index contributed by atoms with van der Waals surface area (Å²) in [4.78, 5) is 54.9. The molecule has 13 heteroatoms. The van der Waals surface area contributed by atoms with Crippen LogP contribution in [0.2, 0.25) is 0 Å². The number of aliphatic hydroxyl groups excluding tert-OH is 1. The lowest BCUT2D eigenvalue weighted by Crippen LogP contribution is -2.49. The van der Waals surface area contributed by atoms with Crippen LogP contribution in [0.4, 0.5) is 0 Å². The van der Waals surface area contributed by atoms with Gasteiger partial charge >= 0.3 is 23.9 Å². The SMILES string of the molecule is COC(=O)CN1CCN(CC(=O)OC)CCN(CC(O)CCCCCCCCC(=O)O)CCN(CC(=O)OC)CC1. The van der Waals surface area contributed by atoms with Gasteiger partial charge in [0.05, 0.1) is 47.1 Å². The number of esters is 3. The lowest BCUT2D eigenvalue weighted by atomic mass is 10.1. The maximum Gasteiger partial charge on any atom is 0.319 e. The highest BCUT2D eigenvalue weighted by Crippen LogP contribution is 2.11. The molecule has 13 nitrogen and oxygen atoms in total. The van der Waals surface area contributed by atoms with E-state index in [9.17, 15) is 24.3 Å². The van der Waals surface area contributed by atoms with Crippen LogP contribution in [-0.4, -0.2) is 160 Å². The zero-order valence-electron chi connectivity index (χ0n) is 25.3. The molecule has 1 heterocycles. The highest BCUT2D eigenvalue weighted by atomic mass is 16.5. The molecule has 1 unspecified atom stereocenters. The van der Waals surface area contributed by atoms with E-state index >= 15 is 0 Å². The van der Waals surface area contributed by atoms with Crippen molar-refractivity contribution in [3.05, 3.63) is 0 Å². The Balaban J connectivity index is 2.78. The smallest absolute Gasteiger partial charge is 0.319 e. The van der Waals surface area contributed by atoms with Gasteiger partial charge in [0.25, 0.3) is 0 Å². The van der Waals surface area contributed by atoms with Gasteiger partial charge in [0, 0.05) is 65.3 Å². The molecule has 0 bridgehead atoms. The van der Waals surface area contributed by atoms with E-state index in [4.69, 9.17) is 19.3 Å². The number of unbranched alkanes of at least 4 members (excludes halogenated alkanes) is 5. The van der Waals surface area contributed by atoms with Gasteiger partial charge in [0.15, 0.2) is 0 Å². The number of aliphatic carboxylic acids is 1. The van der Waals surface area contributed by atoms with E-state index in [1.165, 1.54) is 21.3 Å². The summed E-state index contributed by atoms with van der Waals surface area (Å²) in [5, 5.41) is 19.5. The van der Waals surface area contributed by atoms with Gasteiger partial charge < -0.3 is 24.4 Å². The van der Waals surface area contributed by atoms with Gasteiger partial charge in [0.1, 0.15) is 0 Å². The Labute approximate surface area is 244 Å². The Morgan fingerprint density at radius 2 is 0.927 bits per heavy atom. The lowest BCUT2D eigenvalue weighted by molar-refractivity contribution is -0.144. The summed E-state index contributed by atoms with van der Waals surface area (Å²) in [6.45, 7) is 5.32. The van der Waals surface area contributed by atoms with Crippen molar-refractivity contribution in [3.8, 4) is 0 Å². The first-order chi connectivity index (χ1) is 19.7. The van der Waals surface area contributed by atoms with Gasteiger partial charge in [-0.25, -0.2) is 0 Å². The summed E-state index contributed by atoms with van der Waals surface area (Å²) in [7, 11) is 4.06. The molecule has 41 heavy (non-hydrogen) atoms. The summed E-state index contributed by atoms with van der Waals surface area (Å²) < 4.78 is 14.6. The van der Waals surface area contributed by atoms with Crippen molar-refractivity contribution in [1.82, 2.24) is 19.6 Å². The number of hydrogen-bond acceptors (Lipinski definition) is 12. The molecule has 0 aliphatic carbocycles. The number of β-amino-alcohol motifs (C(OH)–C–C–N with tert-alkyl or cyclic N) is 1. The number of aliphatic hydroxyl groups is 1. The normalized spacial score (nSPS) is 17.7. The van der Waals surface area contributed by atoms with Gasteiger partial charge in [-0.15, -0.1) is 0 Å². The molecular formula is C28H52N4O9. The molecule has 0 radical (unpaired) electrons. The summed E-state index contributed by atoms with van der Waals surface area (Å²) in [5.41, 5.74) is 0. The van der Waals surface area contributed by atoms with Crippen molar-refractivity contribution < 1.29 is 43.6 Å². The molecule has 1 aliphatic rings. The zero-order valence-corrected chi connectivity index (χ0v) is 25.3. The number of hydrogen-bond donors (Lipinski definition) is 2. The molecule has 1 aliphatic heterocycles. The third kappa shape index (κ3) is 18.7. The molecule has 0 aromatic carbocycles. The number of carbonyl (C=O) groups is 4. The van der Waals surface area contributed by atoms with Crippen LogP contribution in [0, 0.1) is 0 Å². The molecule has 1 fully saturated rings. The minimum atomic E-state index is -0.753. The van der Waals surface area contributed by atoms with Crippen molar-refractivity contribution in [3.63, 3.8) is 0 Å². The summed E-state index contributed by atoms with van der Waals surface area (Å²) in [6.07, 6.45) is 5.91. The fraction of sp³-hybridized carbons (Fsp3) is 0.857. The van der Waals surface area contributed by atoms with Crippen LogP contribution in [0.3, 0.4) is 0 Å². The van der Waals surface area contributed by atoms with Gasteiger partial charge in [-0.3, -0.25) is 38.8 Å².